The van der Waals surface area contributed by atoms with Gasteiger partial charge >= 0.3 is 0 Å². The number of fused-ring (bicyclic) bond motifs is 1. The Balaban J connectivity index is 1.88. The third kappa shape index (κ3) is 2.12. The van der Waals surface area contributed by atoms with Gasteiger partial charge in [-0.1, -0.05) is 12.1 Å². The minimum atomic E-state index is 0.126. The maximum absolute atomic E-state index is 12.5. The number of amides is 1. The zero-order chi connectivity index (χ0) is 13.4. The molecule has 0 atom stereocenters. The second-order valence-corrected chi connectivity index (χ2v) is 5.81. The third-order valence-electron chi connectivity index (χ3n) is 3.65. The lowest BCUT2D eigenvalue weighted by Crippen LogP contribution is -2.36. The molecule has 0 aliphatic carbocycles. The molecule has 0 fully saturated rings. The number of nitrogens with two attached hydrogens (primary N) is 1. The van der Waals surface area contributed by atoms with E-state index in [1.807, 2.05) is 35.4 Å². The molecule has 98 valence electrons. The van der Waals surface area contributed by atoms with Crippen LogP contribution in [0.25, 0.3) is 0 Å². The Morgan fingerprint density at radius 2 is 2.21 bits per heavy atom. The van der Waals surface area contributed by atoms with Crippen LogP contribution in [0, 0.1) is 6.92 Å². The number of thiophene rings is 1. The number of nitrogens with zero attached hydrogens (tertiary/aromatic N) is 1. The summed E-state index contributed by atoms with van der Waals surface area (Å²) in [4.78, 5) is 15.2. The van der Waals surface area contributed by atoms with Crippen LogP contribution in [0.15, 0.2) is 29.6 Å². The Morgan fingerprint density at radius 3 is 2.95 bits per heavy atom. The van der Waals surface area contributed by atoms with Crippen LogP contribution in [0.3, 0.4) is 0 Å². The summed E-state index contributed by atoms with van der Waals surface area (Å²) in [6.45, 7) is 3.38. The molecule has 0 radical (unpaired) electrons. The number of benzene rings is 1. The highest BCUT2D eigenvalue weighted by Gasteiger charge is 2.24. The van der Waals surface area contributed by atoms with Crippen molar-refractivity contribution in [3.8, 4) is 0 Å². The maximum atomic E-state index is 12.5. The van der Waals surface area contributed by atoms with Crippen molar-refractivity contribution in [2.45, 2.75) is 19.9 Å². The first-order chi connectivity index (χ1) is 9.16. The molecule has 1 aliphatic heterocycles. The smallest absolute Gasteiger partial charge is 0.264 e. The Hall–Kier alpha value is -1.81. The number of anilines is 1. The van der Waals surface area contributed by atoms with E-state index in [9.17, 15) is 4.79 Å². The van der Waals surface area contributed by atoms with Crippen LogP contribution >= 0.6 is 11.3 Å². The molecule has 1 aromatic carbocycles. The van der Waals surface area contributed by atoms with Gasteiger partial charge in [0.1, 0.15) is 0 Å². The van der Waals surface area contributed by atoms with E-state index < -0.39 is 0 Å². The third-order valence-corrected chi connectivity index (χ3v) is 4.66. The number of hydrogen-bond acceptors (Lipinski definition) is 3. The van der Waals surface area contributed by atoms with Gasteiger partial charge in [0.05, 0.1) is 4.88 Å². The lowest BCUT2D eigenvalue weighted by Gasteiger charge is -2.29. The average Bonchev–Trinajstić information content (AvgIpc) is 2.84. The number of carbonyl (C=O) groups excluding carboxylic acids is 1. The van der Waals surface area contributed by atoms with Crippen molar-refractivity contribution in [3.05, 3.63) is 51.2 Å². The molecule has 1 aliphatic rings. The lowest BCUT2D eigenvalue weighted by atomic mass is 9.98. The van der Waals surface area contributed by atoms with Crippen LogP contribution in [0.2, 0.25) is 0 Å². The number of hydrogen-bond donors (Lipinski definition) is 1. The highest BCUT2D eigenvalue weighted by atomic mass is 32.1. The van der Waals surface area contributed by atoms with Gasteiger partial charge in [0.15, 0.2) is 0 Å². The van der Waals surface area contributed by atoms with Gasteiger partial charge in [-0.15, -0.1) is 11.3 Å². The number of rotatable bonds is 1. The molecule has 0 saturated heterocycles. The molecule has 0 spiro atoms. The van der Waals surface area contributed by atoms with E-state index in [1.165, 1.54) is 16.9 Å². The zero-order valence-corrected chi connectivity index (χ0v) is 11.7. The van der Waals surface area contributed by atoms with Crippen LogP contribution in [-0.4, -0.2) is 17.4 Å². The fraction of sp³-hybridized carbons (Fsp3) is 0.267. The van der Waals surface area contributed by atoms with Crippen molar-refractivity contribution in [2.75, 3.05) is 12.3 Å². The van der Waals surface area contributed by atoms with Gasteiger partial charge in [-0.3, -0.25) is 4.79 Å². The maximum Gasteiger partial charge on any atom is 0.264 e. The lowest BCUT2D eigenvalue weighted by molar-refractivity contribution is 0.0739. The monoisotopic (exact) mass is 272 g/mol. The second-order valence-electron chi connectivity index (χ2n) is 4.89. The van der Waals surface area contributed by atoms with Crippen molar-refractivity contribution < 1.29 is 4.79 Å². The van der Waals surface area contributed by atoms with E-state index in [4.69, 9.17) is 5.73 Å². The highest BCUT2D eigenvalue weighted by Crippen LogP contribution is 2.27. The summed E-state index contributed by atoms with van der Waals surface area (Å²) in [6, 6.07) is 7.98. The summed E-state index contributed by atoms with van der Waals surface area (Å²) in [5, 5.41) is 1.97. The standard InChI is InChI=1S/C15H16N2OS/c1-10-6-8-19-14(10)15(18)17-7-5-11-3-2-4-13(16)12(11)9-17/h2-4,6,8H,5,7,9,16H2,1H3. The van der Waals surface area contributed by atoms with Crippen LogP contribution in [0.5, 0.6) is 0 Å². The molecule has 19 heavy (non-hydrogen) atoms. The summed E-state index contributed by atoms with van der Waals surface area (Å²) in [5.41, 5.74) is 10.2. The van der Waals surface area contributed by atoms with Crippen molar-refractivity contribution in [2.24, 2.45) is 0 Å². The molecule has 3 rings (SSSR count). The summed E-state index contributed by atoms with van der Waals surface area (Å²) in [6.07, 6.45) is 0.885. The quantitative estimate of drug-likeness (QED) is 0.811. The summed E-state index contributed by atoms with van der Waals surface area (Å²) < 4.78 is 0. The van der Waals surface area contributed by atoms with Gasteiger partial charge in [-0.25, -0.2) is 0 Å². The SMILES string of the molecule is Cc1ccsc1C(=O)N1CCc2cccc(N)c2C1. The molecule has 3 nitrogen and oxygen atoms in total. The number of carbonyl (C=O) groups is 1. The minimum absolute atomic E-state index is 0.126. The first-order valence-corrected chi connectivity index (χ1v) is 7.24. The van der Waals surface area contributed by atoms with Crippen molar-refractivity contribution in [1.29, 1.82) is 0 Å². The molecule has 2 heterocycles. The molecule has 4 heteroatoms. The Morgan fingerprint density at radius 1 is 1.37 bits per heavy atom. The Bertz CT molecular complexity index is 633. The van der Waals surface area contributed by atoms with Crippen LogP contribution < -0.4 is 5.73 Å². The first-order valence-electron chi connectivity index (χ1n) is 6.36. The summed E-state index contributed by atoms with van der Waals surface area (Å²) in [5.74, 6) is 0.126. The molecule has 2 aromatic rings. The molecular formula is C15H16N2OS. The highest BCUT2D eigenvalue weighted by molar-refractivity contribution is 7.12. The molecule has 2 N–H and O–H groups in total. The van der Waals surface area contributed by atoms with E-state index in [1.54, 1.807) is 0 Å². The van der Waals surface area contributed by atoms with Crippen LogP contribution in [-0.2, 0) is 13.0 Å². The number of nitrogen functional groups attached to an aromatic ring is 1. The van der Waals surface area contributed by atoms with E-state index in [2.05, 4.69) is 6.07 Å². The molecule has 0 bridgehead atoms. The molecule has 1 amide bonds. The largest absolute Gasteiger partial charge is 0.398 e. The zero-order valence-electron chi connectivity index (χ0n) is 10.8. The molecule has 0 saturated carbocycles. The van der Waals surface area contributed by atoms with Gasteiger partial charge in [0.25, 0.3) is 5.91 Å². The molecular weight excluding hydrogens is 256 g/mol. The fourth-order valence-electron chi connectivity index (χ4n) is 2.52. The predicted octanol–water partition coefficient (Wildman–Crippen LogP) is 2.84. The summed E-state index contributed by atoms with van der Waals surface area (Å²) >= 11 is 1.51. The van der Waals surface area contributed by atoms with E-state index in [-0.39, 0.29) is 5.91 Å². The van der Waals surface area contributed by atoms with Gasteiger partial charge in [-0.2, -0.15) is 0 Å². The molecule has 0 unspecified atom stereocenters. The predicted molar refractivity (Wildman–Crippen MR) is 78.4 cm³/mol. The van der Waals surface area contributed by atoms with Gasteiger partial charge in [0, 0.05) is 18.8 Å². The fourth-order valence-corrected chi connectivity index (χ4v) is 3.41. The van der Waals surface area contributed by atoms with E-state index in [0.29, 0.717) is 6.54 Å². The van der Waals surface area contributed by atoms with Gasteiger partial charge < -0.3 is 10.6 Å². The number of aryl methyl sites for hydroxylation is 1. The van der Waals surface area contributed by atoms with E-state index in [0.717, 1.165) is 34.7 Å². The van der Waals surface area contributed by atoms with E-state index >= 15 is 0 Å². The second kappa shape index (κ2) is 4.70. The minimum Gasteiger partial charge on any atom is -0.398 e. The summed E-state index contributed by atoms with van der Waals surface area (Å²) in [7, 11) is 0. The first kappa shape index (κ1) is 12.2. The molecule has 1 aromatic heterocycles. The Kier molecular flexibility index (Phi) is 3.03. The van der Waals surface area contributed by atoms with Gasteiger partial charge in [-0.05, 0) is 47.5 Å². The van der Waals surface area contributed by atoms with Crippen LogP contribution in [0.4, 0.5) is 5.69 Å². The Labute approximate surface area is 116 Å². The van der Waals surface area contributed by atoms with Crippen molar-refractivity contribution >= 4 is 22.9 Å². The van der Waals surface area contributed by atoms with Crippen molar-refractivity contribution in [3.63, 3.8) is 0 Å². The van der Waals surface area contributed by atoms with Crippen molar-refractivity contribution in [1.82, 2.24) is 4.90 Å². The normalized spacial score (nSPS) is 14.3. The topological polar surface area (TPSA) is 46.3 Å². The van der Waals surface area contributed by atoms with Crippen LogP contribution in [0.1, 0.15) is 26.4 Å². The van der Waals surface area contributed by atoms with Gasteiger partial charge in [0.2, 0.25) is 0 Å². The average molecular weight is 272 g/mol.